The van der Waals surface area contributed by atoms with Crippen molar-refractivity contribution < 1.29 is 13.2 Å². The molecule has 3 aromatic rings. The molecule has 0 bridgehead atoms. The van der Waals surface area contributed by atoms with Crippen LogP contribution in [0, 0.1) is 5.82 Å². The molecule has 5 nitrogen and oxygen atoms in total. The molecule has 108 valence electrons. The summed E-state index contributed by atoms with van der Waals surface area (Å²) in [5.74, 6) is 0.297. The Bertz CT molecular complexity index is 771. The van der Waals surface area contributed by atoms with Gasteiger partial charge in [-0.05, 0) is 18.2 Å². The minimum atomic E-state index is -2.48. The molecule has 0 unspecified atom stereocenters. The fourth-order valence-electron chi connectivity index (χ4n) is 1.92. The summed E-state index contributed by atoms with van der Waals surface area (Å²) in [4.78, 5) is 8.05. The molecule has 0 spiro atoms. The summed E-state index contributed by atoms with van der Waals surface area (Å²) < 4.78 is 39.0. The summed E-state index contributed by atoms with van der Waals surface area (Å²) in [7, 11) is 0. The van der Waals surface area contributed by atoms with Crippen LogP contribution in [0.15, 0.2) is 36.8 Å². The van der Waals surface area contributed by atoms with Crippen molar-refractivity contribution in [3.05, 3.63) is 42.6 Å². The number of hydrogen-bond acceptors (Lipinski definition) is 4. The molecular formula is C13H10F3N5. The number of nitrogens with zero attached hydrogens (tertiary/aromatic N) is 4. The Hall–Kier alpha value is -2.64. The van der Waals surface area contributed by atoms with Crippen LogP contribution in [-0.4, -0.2) is 26.2 Å². The normalized spacial score (nSPS) is 11.2. The SMILES string of the molecule is Fc1ccc2ncnc(Nc3ccn(CC(F)F)n3)c2c1. The average Bonchev–Trinajstić information content (AvgIpc) is 2.86. The predicted octanol–water partition coefficient (Wildman–Crippen LogP) is 2.97. The van der Waals surface area contributed by atoms with E-state index >= 15 is 0 Å². The van der Waals surface area contributed by atoms with E-state index in [4.69, 9.17) is 0 Å². The molecule has 8 heteroatoms. The third kappa shape index (κ3) is 2.93. The topological polar surface area (TPSA) is 55.6 Å². The fourth-order valence-corrected chi connectivity index (χ4v) is 1.92. The van der Waals surface area contributed by atoms with Gasteiger partial charge in [-0.1, -0.05) is 0 Å². The fraction of sp³-hybridized carbons (Fsp3) is 0.154. The minimum absolute atomic E-state index is 0.347. The van der Waals surface area contributed by atoms with Gasteiger partial charge in [-0.3, -0.25) is 4.68 Å². The number of benzene rings is 1. The van der Waals surface area contributed by atoms with Crippen LogP contribution >= 0.6 is 0 Å². The van der Waals surface area contributed by atoms with E-state index in [1.165, 1.54) is 36.8 Å². The van der Waals surface area contributed by atoms with Crippen LogP contribution in [0.25, 0.3) is 10.9 Å². The van der Waals surface area contributed by atoms with Crippen molar-refractivity contribution >= 4 is 22.5 Å². The van der Waals surface area contributed by atoms with Gasteiger partial charge < -0.3 is 5.32 Å². The standard InChI is InChI=1S/C13H10F3N5/c14-8-1-2-10-9(5-8)13(18-7-17-10)19-12-3-4-21(20-12)6-11(15)16/h1-5,7,11H,6H2,(H,17,18,19,20). The smallest absolute Gasteiger partial charge is 0.257 e. The zero-order valence-electron chi connectivity index (χ0n) is 10.7. The first-order valence-electron chi connectivity index (χ1n) is 6.11. The van der Waals surface area contributed by atoms with Crippen LogP contribution in [0.4, 0.5) is 24.8 Å². The maximum atomic E-state index is 13.3. The van der Waals surface area contributed by atoms with E-state index in [9.17, 15) is 13.2 Å². The Morgan fingerprint density at radius 3 is 2.86 bits per heavy atom. The van der Waals surface area contributed by atoms with Gasteiger partial charge in [0.25, 0.3) is 6.43 Å². The summed E-state index contributed by atoms with van der Waals surface area (Å²) >= 11 is 0. The van der Waals surface area contributed by atoms with E-state index in [1.807, 2.05) is 0 Å². The monoisotopic (exact) mass is 293 g/mol. The first-order valence-corrected chi connectivity index (χ1v) is 6.11. The Morgan fingerprint density at radius 1 is 1.19 bits per heavy atom. The number of alkyl halides is 2. The highest BCUT2D eigenvalue weighted by atomic mass is 19.3. The summed E-state index contributed by atoms with van der Waals surface area (Å²) in [6, 6.07) is 5.67. The van der Waals surface area contributed by atoms with Gasteiger partial charge in [-0.15, -0.1) is 0 Å². The van der Waals surface area contributed by atoms with Crippen LogP contribution in [-0.2, 0) is 6.54 Å². The molecule has 0 atom stereocenters. The number of fused-ring (bicyclic) bond motifs is 1. The molecule has 3 rings (SSSR count). The third-order valence-corrected chi connectivity index (χ3v) is 2.81. The molecule has 21 heavy (non-hydrogen) atoms. The number of hydrogen-bond donors (Lipinski definition) is 1. The molecule has 0 saturated carbocycles. The predicted molar refractivity (Wildman–Crippen MR) is 71.0 cm³/mol. The first-order chi connectivity index (χ1) is 10.1. The van der Waals surface area contributed by atoms with Crippen LogP contribution in [0.3, 0.4) is 0 Å². The van der Waals surface area contributed by atoms with E-state index in [0.717, 1.165) is 4.68 Å². The zero-order chi connectivity index (χ0) is 14.8. The second-order valence-electron chi connectivity index (χ2n) is 4.32. The number of aromatic nitrogens is 4. The molecule has 1 N–H and O–H groups in total. The number of nitrogens with one attached hydrogen (secondary N) is 1. The van der Waals surface area contributed by atoms with Crippen molar-refractivity contribution in [2.75, 3.05) is 5.32 Å². The van der Waals surface area contributed by atoms with Gasteiger partial charge in [0.1, 0.15) is 24.5 Å². The Labute approximate surface area is 117 Å². The minimum Gasteiger partial charge on any atom is -0.323 e. The summed E-state index contributed by atoms with van der Waals surface area (Å²) in [5, 5.41) is 7.31. The quantitative estimate of drug-likeness (QED) is 0.803. The largest absolute Gasteiger partial charge is 0.323 e. The molecule has 2 heterocycles. The second kappa shape index (κ2) is 5.39. The maximum Gasteiger partial charge on any atom is 0.257 e. The van der Waals surface area contributed by atoms with Crippen LogP contribution in [0.5, 0.6) is 0 Å². The Morgan fingerprint density at radius 2 is 2.05 bits per heavy atom. The molecule has 0 aliphatic carbocycles. The van der Waals surface area contributed by atoms with Gasteiger partial charge in [-0.25, -0.2) is 23.1 Å². The lowest BCUT2D eigenvalue weighted by Gasteiger charge is -2.06. The molecule has 0 fully saturated rings. The lowest BCUT2D eigenvalue weighted by Crippen LogP contribution is -2.07. The van der Waals surface area contributed by atoms with Crippen LogP contribution in [0.1, 0.15) is 0 Å². The molecule has 0 aliphatic rings. The van der Waals surface area contributed by atoms with E-state index in [-0.39, 0.29) is 0 Å². The molecule has 0 saturated heterocycles. The molecule has 1 aromatic carbocycles. The van der Waals surface area contributed by atoms with Gasteiger partial charge in [0.2, 0.25) is 0 Å². The molecule has 0 aliphatic heterocycles. The average molecular weight is 293 g/mol. The van der Waals surface area contributed by atoms with Gasteiger partial charge in [-0.2, -0.15) is 5.10 Å². The summed E-state index contributed by atoms with van der Waals surface area (Å²) in [5.41, 5.74) is 0.570. The molecule has 0 radical (unpaired) electrons. The first kappa shape index (κ1) is 13.3. The van der Waals surface area contributed by atoms with Crippen molar-refractivity contribution in [2.24, 2.45) is 0 Å². The van der Waals surface area contributed by atoms with Crippen LogP contribution in [0.2, 0.25) is 0 Å². The summed E-state index contributed by atoms with van der Waals surface area (Å²) in [6.07, 6.45) is 0.281. The third-order valence-electron chi connectivity index (χ3n) is 2.81. The van der Waals surface area contributed by atoms with E-state index in [0.29, 0.717) is 22.5 Å². The van der Waals surface area contributed by atoms with E-state index in [2.05, 4.69) is 20.4 Å². The van der Waals surface area contributed by atoms with Crippen molar-refractivity contribution in [1.82, 2.24) is 19.7 Å². The molecule has 2 aromatic heterocycles. The number of rotatable bonds is 4. The van der Waals surface area contributed by atoms with Gasteiger partial charge in [0.15, 0.2) is 5.82 Å². The van der Waals surface area contributed by atoms with Gasteiger partial charge in [0.05, 0.1) is 5.52 Å². The second-order valence-corrected chi connectivity index (χ2v) is 4.32. The number of halogens is 3. The van der Waals surface area contributed by atoms with Gasteiger partial charge in [0, 0.05) is 17.6 Å². The van der Waals surface area contributed by atoms with Gasteiger partial charge >= 0.3 is 0 Å². The van der Waals surface area contributed by atoms with Crippen molar-refractivity contribution in [1.29, 1.82) is 0 Å². The number of anilines is 2. The Kier molecular flexibility index (Phi) is 3.43. The Balaban J connectivity index is 1.91. The highest BCUT2D eigenvalue weighted by Gasteiger charge is 2.09. The van der Waals surface area contributed by atoms with Crippen molar-refractivity contribution in [3.8, 4) is 0 Å². The highest BCUT2D eigenvalue weighted by Crippen LogP contribution is 2.22. The van der Waals surface area contributed by atoms with Crippen molar-refractivity contribution in [2.45, 2.75) is 13.0 Å². The maximum absolute atomic E-state index is 13.3. The lowest BCUT2D eigenvalue weighted by atomic mass is 10.2. The lowest BCUT2D eigenvalue weighted by molar-refractivity contribution is 0.122. The van der Waals surface area contributed by atoms with Crippen LogP contribution < -0.4 is 5.32 Å². The zero-order valence-corrected chi connectivity index (χ0v) is 10.7. The van der Waals surface area contributed by atoms with Crippen molar-refractivity contribution in [3.63, 3.8) is 0 Å². The summed E-state index contributed by atoms with van der Waals surface area (Å²) in [6.45, 7) is -0.485. The van der Waals surface area contributed by atoms with E-state index < -0.39 is 18.8 Å². The molecular weight excluding hydrogens is 283 g/mol. The molecule has 0 amide bonds. The highest BCUT2D eigenvalue weighted by molar-refractivity contribution is 5.90. The van der Waals surface area contributed by atoms with E-state index in [1.54, 1.807) is 0 Å².